The monoisotopic (exact) mass is 327 g/mol. The van der Waals surface area contributed by atoms with Crippen LogP contribution in [-0.2, 0) is 4.79 Å². The third-order valence-electron chi connectivity index (χ3n) is 3.79. The fourth-order valence-electron chi connectivity index (χ4n) is 2.53. The van der Waals surface area contributed by atoms with E-state index in [1.807, 2.05) is 0 Å². The van der Waals surface area contributed by atoms with E-state index in [9.17, 15) is 14.0 Å². The molecule has 0 spiro atoms. The Bertz CT molecular complexity index is 596. The zero-order valence-corrected chi connectivity index (χ0v) is 13.2. The largest absolute Gasteiger partial charge is 0.398 e. The van der Waals surface area contributed by atoms with E-state index in [4.69, 9.17) is 17.3 Å². The first-order valence-corrected chi connectivity index (χ1v) is 7.47. The second kappa shape index (κ2) is 6.52. The zero-order chi connectivity index (χ0) is 16.4. The molecule has 0 saturated carbocycles. The van der Waals surface area contributed by atoms with E-state index in [0.29, 0.717) is 17.7 Å². The van der Waals surface area contributed by atoms with Crippen LogP contribution in [0.2, 0.25) is 5.02 Å². The van der Waals surface area contributed by atoms with E-state index in [1.54, 1.807) is 13.8 Å². The lowest BCUT2D eigenvalue weighted by molar-refractivity contribution is -0.133. The number of nitrogen functional groups attached to an aromatic ring is 1. The lowest BCUT2D eigenvalue weighted by Gasteiger charge is -2.25. The van der Waals surface area contributed by atoms with Crippen molar-refractivity contribution in [3.63, 3.8) is 0 Å². The maximum absolute atomic E-state index is 13.3. The van der Waals surface area contributed by atoms with Gasteiger partial charge >= 0.3 is 0 Å². The highest BCUT2D eigenvalue weighted by Crippen LogP contribution is 2.21. The van der Waals surface area contributed by atoms with Crippen molar-refractivity contribution in [2.24, 2.45) is 0 Å². The molecule has 7 heteroatoms. The Morgan fingerprint density at radius 1 is 1.50 bits per heavy atom. The molecule has 120 valence electrons. The van der Waals surface area contributed by atoms with Gasteiger partial charge in [0.15, 0.2) is 0 Å². The third kappa shape index (κ3) is 3.50. The van der Waals surface area contributed by atoms with Gasteiger partial charge in [0.1, 0.15) is 12.2 Å². The number of nitrogens with zero attached hydrogens (tertiary/aromatic N) is 1. The fourth-order valence-corrected chi connectivity index (χ4v) is 2.71. The Labute approximate surface area is 133 Å². The number of nitrogens with one attached hydrogen (secondary N) is 1. The molecular weight excluding hydrogens is 309 g/mol. The van der Waals surface area contributed by atoms with E-state index in [2.05, 4.69) is 5.32 Å². The summed E-state index contributed by atoms with van der Waals surface area (Å²) in [6.45, 7) is 3.46. The minimum Gasteiger partial charge on any atom is -0.398 e. The molecule has 1 saturated heterocycles. The molecule has 1 aliphatic rings. The second-order valence-corrected chi connectivity index (χ2v) is 6.01. The number of rotatable bonds is 3. The SMILES string of the molecule is C[C@H](NC(=O)c1ccc(N)c(Cl)c1)C(=O)N1C[C@@H](F)C[C@H]1C. The molecule has 0 radical (unpaired) electrons. The lowest BCUT2D eigenvalue weighted by atomic mass is 10.1. The number of nitrogens with two attached hydrogens (primary N) is 1. The van der Waals surface area contributed by atoms with Crippen LogP contribution >= 0.6 is 11.6 Å². The molecule has 5 nitrogen and oxygen atoms in total. The van der Waals surface area contributed by atoms with Crippen molar-refractivity contribution in [3.8, 4) is 0 Å². The van der Waals surface area contributed by atoms with Crippen LogP contribution in [0.4, 0.5) is 10.1 Å². The number of carbonyl (C=O) groups is 2. The minimum absolute atomic E-state index is 0.0773. The molecule has 2 amide bonds. The molecule has 1 aromatic carbocycles. The summed E-state index contributed by atoms with van der Waals surface area (Å²) >= 11 is 5.87. The first kappa shape index (κ1) is 16.5. The molecule has 1 heterocycles. The van der Waals surface area contributed by atoms with Gasteiger partial charge in [-0.15, -0.1) is 0 Å². The van der Waals surface area contributed by atoms with Gasteiger partial charge in [0, 0.05) is 18.0 Å². The molecule has 2 rings (SSSR count). The molecule has 1 aliphatic heterocycles. The van der Waals surface area contributed by atoms with Crippen molar-refractivity contribution in [3.05, 3.63) is 28.8 Å². The van der Waals surface area contributed by atoms with Gasteiger partial charge in [0.2, 0.25) is 5.91 Å². The summed E-state index contributed by atoms with van der Waals surface area (Å²) in [5.41, 5.74) is 6.28. The first-order valence-electron chi connectivity index (χ1n) is 7.10. The van der Waals surface area contributed by atoms with Gasteiger partial charge in [-0.25, -0.2) is 4.39 Å². The van der Waals surface area contributed by atoms with Crippen LogP contribution in [0.15, 0.2) is 18.2 Å². The maximum atomic E-state index is 13.3. The highest BCUT2D eigenvalue weighted by atomic mass is 35.5. The highest BCUT2D eigenvalue weighted by Gasteiger charge is 2.34. The van der Waals surface area contributed by atoms with Crippen molar-refractivity contribution < 1.29 is 14.0 Å². The van der Waals surface area contributed by atoms with E-state index in [-0.39, 0.29) is 23.5 Å². The standard InChI is InChI=1S/C15H19ClFN3O2/c1-8-5-11(17)7-20(8)15(22)9(2)19-14(21)10-3-4-13(18)12(16)6-10/h3-4,6,8-9,11H,5,7,18H2,1-2H3,(H,19,21)/t8-,9+,11+/m1/s1. The predicted molar refractivity (Wildman–Crippen MR) is 83.5 cm³/mol. The van der Waals surface area contributed by atoms with E-state index in [0.717, 1.165) is 0 Å². The van der Waals surface area contributed by atoms with E-state index >= 15 is 0 Å². The normalized spacial score (nSPS) is 22.5. The lowest BCUT2D eigenvalue weighted by Crippen LogP contribution is -2.48. The van der Waals surface area contributed by atoms with Crippen molar-refractivity contribution in [2.75, 3.05) is 12.3 Å². The van der Waals surface area contributed by atoms with Crippen LogP contribution in [0.25, 0.3) is 0 Å². The van der Waals surface area contributed by atoms with Gasteiger partial charge in [0.25, 0.3) is 5.91 Å². The van der Waals surface area contributed by atoms with Gasteiger partial charge in [-0.05, 0) is 32.0 Å². The number of hydrogen-bond acceptors (Lipinski definition) is 3. The number of amides is 2. The van der Waals surface area contributed by atoms with E-state index < -0.39 is 18.1 Å². The molecular formula is C15H19ClFN3O2. The highest BCUT2D eigenvalue weighted by molar-refractivity contribution is 6.33. The Kier molecular flexibility index (Phi) is 4.90. The summed E-state index contributed by atoms with van der Waals surface area (Å²) in [5, 5.41) is 2.88. The molecule has 1 fully saturated rings. The van der Waals surface area contributed by atoms with Crippen LogP contribution in [-0.4, -0.2) is 41.5 Å². The molecule has 1 aromatic rings. The number of benzene rings is 1. The zero-order valence-electron chi connectivity index (χ0n) is 12.5. The number of carbonyl (C=O) groups excluding carboxylic acids is 2. The molecule has 3 atom stereocenters. The topological polar surface area (TPSA) is 75.4 Å². The number of likely N-dealkylation sites (tertiary alicyclic amines) is 1. The summed E-state index contributed by atoms with van der Waals surface area (Å²) in [7, 11) is 0. The average molecular weight is 328 g/mol. The first-order chi connectivity index (χ1) is 10.3. The van der Waals surface area contributed by atoms with Crippen molar-refractivity contribution in [1.29, 1.82) is 0 Å². The summed E-state index contributed by atoms with van der Waals surface area (Å²) < 4.78 is 13.3. The Morgan fingerprint density at radius 3 is 2.73 bits per heavy atom. The maximum Gasteiger partial charge on any atom is 0.251 e. The summed E-state index contributed by atoms with van der Waals surface area (Å²) in [6, 6.07) is 3.60. The van der Waals surface area contributed by atoms with E-state index in [1.165, 1.54) is 23.1 Å². The van der Waals surface area contributed by atoms with Gasteiger partial charge < -0.3 is 16.0 Å². The summed E-state index contributed by atoms with van der Waals surface area (Å²) in [4.78, 5) is 25.9. The van der Waals surface area contributed by atoms with Crippen molar-refractivity contribution in [1.82, 2.24) is 10.2 Å². The Balaban J connectivity index is 2.01. The quantitative estimate of drug-likeness (QED) is 0.834. The molecule has 3 N–H and O–H groups in total. The van der Waals surface area contributed by atoms with Crippen LogP contribution < -0.4 is 11.1 Å². The number of halogens is 2. The molecule has 0 aliphatic carbocycles. The van der Waals surface area contributed by atoms with Crippen molar-refractivity contribution >= 4 is 29.1 Å². The van der Waals surface area contributed by atoms with Gasteiger partial charge in [-0.2, -0.15) is 0 Å². The Hall–Kier alpha value is -1.82. The number of hydrogen-bond donors (Lipinski definition) is 2. The van der Waals surface area contributed by atoms with Crippen LogP contribution in [0.5, 0.6) is 0 Å². The van der Waals surface area contributed by atoms with Crippen molar-refractivity contribution in [2.45, 2.75) is 38.5 Å². The molecule has 0 aromatic heterocycles. The number of alkyl halides is 1. The minimum atomic E-state index is -1.00. The molecule has 22 heavy (non-hydrogen) atoms. The smallest absolute Gasteiger partial charge is 0.251 e. The van der Waals surface area contributed by atoms with Crippen LogP contribution in [0.1, 0.15) is 30.6 Å². The third-order valence-corrected chi connectivity index (χ3v) is 4.11. The molecule has 0 bridgehead atoms. The average Bonchev–Trinajstić information content (AvgIpc) is 2.79. The van der Waals surface area contributed by atoms with Crippen LogP contribution in [0.3, 0.4) is 0 Å². The van der Waals surface area contributed by atoms with Crippen LogP contribution in [0, 0.1) is 0 Å². The number of anilines is 1. The van der Waals surface area contributed by atoms with Gasteiger partial charge in [-0.1, -0.05) is 11.6 Å². The van der Waals surface area contributed by atoms with Gasteiger partial charge in [0.05, 0.1) is 17.3 Å². The second-order valence-electron chi connectivity index (χ2n) is 5.60. The molecule has 0 unspecified atom stereocenters. The Morgan fingerprint density at radius 2 is 2.18 bits per heavy atom. The van der Waals surface area contributed by atoms with Gasteiger partial charge in [-0.3, -0.25) is 9.59 Å². The fraction of sp³-hybridized carbons (Fsp3) is 0.467. The summed E-state index contributed by atoms with van der Waals surface area (Å²) in [5.74, 6) is -0.714. The predicted octanol–water partition coefficient (Wildman–Crippen LogP) is 2.00. The summed E-state index contributed by atoms with van der Waals surface area (Å²) in [6.07, 6.45) is -0.669.